The molecule has 1 aromatic rings. The summed E-state index contributed by atoms with van der Waals surface area (Å²) in [5.41, 5.74) is 2.53. The molecule has 0 radical (unpaired) electrons. The summed E-state index contributed by atoms with van der Waals surface area (Å²) in [4.78, 5) is 18.1. The third-order valence-corrected chi connectivity index (χ3v) is 3.36. The lowest BCUT2D eigenvalue weighted by molar-refractivity contribution is -0.139. The molecule has 0 aromatic carbocycles. The Bertz CT molecular complexity index is 443. The van der Waals surface area contributed by atoms with E-state index in [9.17, 15) is 4.79 Å². The van der Waals surface area contributed by atoms with Gasteiger partial charge in [-0.3, -0.25) is 4.79 Å². The molecule has 0 spiro atoms. The van der Waals surface area contributed by atoms with Gasteiger partial charge in [0, 0.05) is 11.7 Å². The van der Waals surface area contributed by atoms with Crippen molar-refractivity contribution >= 4 is 11.8 Å². The van der Waals surface area contributed by atoms with Crippen molar-refractivity contribution in [1.29, 1.82) is 0 Å². The maximum absolute atomic E-state index is 11.4. The fraction of sp³-hybridized carbons (Fsp3) is 0.571. The van der Waals surface area contributed by atoms with E-state index >= 15 is 0 Å². The fourth-order valence-electron chi connectivity index (χ4n) is 2.30. The number of aromatic nitrogens is 1. The highest BCUT2D eigenvalue weighted by Crippen LogP contribution is 2.24. The zero-order valence-corrected chi connectivity index (χ0v) is 11.3. The van der Waals surface area contributed by atoms with Crippen LogP contribution in [0.5, 0.6) is 0 Å². The van der Waals surface area contributed by atoms with E-state index in [1.165, 1.54) is 24.8 Å². The van der Waals surface area contributed by atoms with Gasteiger partial charge in [-0.25, -0.2) is 4.98 Å². The number of aryl methyl sites for hydroxylation is 2. The van der Waals surface area contributed by atoms with Gasteiger partial charge in [-0.2, -0.15) is 0 Å². The number of methoxy groups -OCH3 is 1. The molecule has 0 amide bonds. The summed E-state index contributed by atoms with van der Waals surface area (Å²) in [5.74, 6) is 0.641. The van der Waals surface area contributed by atoms with Crippen molar-refractivity contribution in [3.05, 3.63) is 23.4 Å². The van der Waals surface area contributed by atoms with Gasteiger partial charge in [0.1, 0.15) is 12.4 Å². The van der Waals surface area contributed by atoms with Crippen LogP contribution in [0.25, 0.3) is 0 Å². The van der Waals surface area contributed by atoms with Crippen molar-refractivity contribution in [3.63, 3.8) is 0 Å². The number of pyridine rings is 1. The maximum Gasteiger partial charge on any atom is 0.325 e. The number of fused-ring (bicyclic) bond motifs is 1. The molecule has 98 valence electrons. The number of nitrogens with zero attached hydrogens (tertiary/aromatic N) is 2. The Morgan fingerprint density at radius 1 is 1.44 bits per heavy atom. The molecule has 1 aliphatic rings. The fourth-order valence-corrected chi connectivity index (χ4v) is 2.30. The van der Waals surface area contributed by atoms with E-state index in [1.807, 2.05) is 11.0 Å². The highest BCUT2D eigenvalue weighted by molar-refractivity contribution is 5.75. The zero-order valence-electron chi connectivity index (χ0n) is 11.3. The molecular weight excluding hydrogens is 228 g/mol. The molecule has 0 saturated carbocycles. The van der Waals surface area contributed by atoms with Crippen molar-refractivity contribution in [2.45, 2.75) is 39.2 Å². The third kappa shape index (κ3) is 2.63. The van der Waals surface area contributed by atoms with E-state index in [2.05, 4.69) is 24.9 Å². The molecule has 4 heteroatoms. The van der Waals surface area contributed by atoms with Crippen LogP contribution in [0.3, 0.4) is 0 Å². The highest BCUT2D eigenvalue weighted by atomic mass is 16.5. The highest BCUT2D eigenvalue weighted by Gasteiger charge is 2.19. The summed E-state index contributed by atoms with van der Waals surface area (Å²) in [6.07, 6.45) is 3.36. The number of carbonyl (C=O) groups is 1. The van der Waals surface area contributed by atoms with E-state index in [-0.39, 0.29) is 18.6 Å². The molecule has 0 fully saturated rings. The summed E-state index contributed by atoms with van der Waals surface area (Å²) in [7, 11) is 1.41. The number of anilines is 1. The first-order chi connectivity index (χ1) is 8.61. The van der Waals surface area contributed by atoms with Gasteiger partial charge in [-0.15, -0.1) is 0 Å². The summed E-state index contributed by atoms with van der Waals surface area (Å²) in [6, 6.07) is 4.36. The topological polar surface area (TPSA) is 42.4 Å². The van der Waals surface area contributed by atoms with Gasteiger partial charge in [-0.05, 0) is 44.7 Å². The molecule has 0 aliphatic heterocycles. The molecule has 0 unspecified atom stereocenters. The van der Waals surface area contributed by atoms with E-state index in [0.717, 1.165) is 18.7 Å². The van der Waals surface area contributed by atoms with Gasteiger partial charge >= 0.3 is 5.97 Å². The Morgan fingerprint density at radius 3 is 2.89 bits per heavy atom. The number of hydrogen-bond acceptors (Lipinski definition) is 4. The maximum atomic E-state index is 11.4. The summed E-state index contributed by atoms with van der Waals surface area (Å²) < 4.78 is 4.74. The van der Waals surface area contributed by atoms with Gasteiger partial charge in [0.25, 0.3) is 0 Å². The Labute approximate surface area is 108 Å². The van der Waals surface area contributed by atoms with Crippen molar-refractivity contribution in [2.24, 2.45) is 0 Å². The normalized spacial score (nSPS) is 13.6. The minimum atomic E-state index is -0.231. The zero-order chi connectivity index (χ0) is 13.1. The number of hydrogen-bond donors (Lipinski definition) is 0. The molecule has 4 nitrogen and oxygen atoms in total. The Balaban J connectivity index is 2.22. The molecule has 1 heterocycles. The molecule has 1 aromatic heterocycles. The lowest BCUT2D eigenvalue weighted by Crippen LogP contribution is -2.37. The van der Waals surface area contributed by atoms with Gasteiger partial charge in [-0.1, -0.05) is 6.07 Å². The Hall–Kier alpha value is -1.58. The standard InChI is InChI=1S/C14H20N2O2/c1-10(2)16(9-14(17)18-3)13-8-7-11-5-4-6-12(11)15-13/h7-8,10H,4-6,9H2,1-3H3. The number of rotatable bonds is 4. The lowest BCUT2D eigenvalue weighted by Gasteiger charge is -2.27. The summed E-state index contributed by atoms with van der Waals surface area (Å²) in [6.45, 7) is 4.36. The minimum Gasteiger partial charge on any atom is -0.468 e. The van der Waals surface area contributed by atoms with Crippen LogP contribution >= 0.6 is 0 Å². The monoisotopic (exact) mass is 248 g/mol. The van der Waals surface area contributed by atoms with Gasteiger partial charge < -0.3 is 9.64 Å². The smallest absolute Gasteiger partial charge is 0.325 e. The quantitative estimate of drug-likeness (QED) is 0.764. The van der Waals surface area contributed by atoms with Crippen LogP contribution in [0, 0.1) is 0 Å². The third-order valence-electron chi connectivity index (χ3n) is 3.36. The molecule has 18 heavy (non-hydrogen) atoms. The van der Waals surface area contributed by atoms with Crippen LogP contribution in [-0.4, -0.2) is 30.6 Å². The average molecular weight is 248 g/mol. The minimum absolute atomic E-state index is 0.219. The first kappa shape index (κ1) is 12.9. The van der Waals surface area contributed by atoms with E-state index in [0.29, 0.717) is 0 Å². The molecule has 0 N–H and O–H groups in total. The number of ether oxygens (including phenoxy) is 1. The average Bonchev–Trinajstić information content (AvgIpc) is 2.82. The van der Waals surface area contributed by atoms with Crippen molar-refractivity contribution in [1.82, 2.24) is 4.98 Å². The summed E-state index contributed by atoms with van der Waals surface area (Å²) in [5, 5.41) is 0. The van der Waals surface area contributed by atoms with Crippen LogP contribution in [0.2, 0.25) is 0 Å². The Morgan fingerprint density at radius 2 is 2.22 bits per heavy atom. The van der Waals surface area contributed by atoms with E-state index < -0.39 is 0 Å². The van der Waals surface area contributed by atoms with Crippen molar-refractivity contribution in [2.75, 3.05) is 18.6 Å². The number of esters is 1. The van der Waals surface area contributed by atoms with E-state index in [1.54, 1.807) is 0 Å². The molecule has 2 rings (SSSR count). The van der Waals surface area contributed by atoms with Crippen LogP contribution in [0.4, 0.5) is 5.82 Å². The second-order valence-electron chi connectivity index (χ2n) is 4.93. The Kier molecular flexibility index (Phi) is 3.84. The van der Waals surface area contributed by atoms with Gasteiger partial charge in [0.15, 0.2) is 0 Å². The molecule has 0 atom stereocenters. The number of carbonyl (C=O) groups excluding carboxylic acids is 1. The molecule has 1 aliphatic carbocycles. The largest absolute Gasteiger partial charge is 0.468 e. The SMILES string of the molecule is COC(=O)CN(c1ccc2c(n1)CCC2)C(C)C. The van der Waals surface area contributed by atoms with Gasteiger partial charge in [0.2, 0.25) is 0 Å². The lowest BCUT2D eigenvalue weighted by atomic mass is 10.2. The first-order valence-corrected chi connectivity index (χ1v) is 6.44. The van der Waals surface area contributed by atoms with Crippen molar-refractivity contribution in [3.8, 4) is 0 Å². The predicted octanol–water partition coefficient (Wildman–Crippen LogP) is 1.96. The first-order valence-electron chi connectivity index (χ1n) is 6.44. The van der Waals surface area contributed by atoms with E-state index in [4.69, 9.17) is 4.74 Å². The molecule has 0 bridgehead atoms. The predicted molar refractivity (Wildman–Crippen MR) is 70.8 cm³/mol. The van der Waals surface area contributed by atoms with Crippen LogP contribution < -0.4 is 4.90 Å². The van der Waals surface area contributed by atoms with Crippen molar-refractivity contribution < 1.29 is 9.53 Å². The second-order valence-corrected chi connectivity index (χ2v) is 4.93. The van der Waals surface area contributed by atoms with Crippen LogP contribution in [0.15, 0.2) is 12.1 Å². The summed E-state index contributed by atoms with van der Waals surface area (Å²) >= 11 is 0. The van der Waals surface area contributed by atoms with Crippen LogP contribution in [-0.2, 0) is 22.4 Å². The molecular formula is C14H20N2O2. The van der Waals surface area contributed by atoms with Crippen LogP contribution in [0.1, 0.15) is 31.5 Å². The molecule has 0 saturated heterocycles. The van der Waals surface area contributed by atoms with Gasteiger partial charge in [0.05, 0.1) is 7.11 Å². The second kappa shape index (κ2) is 5.38.